The summed E-state index contributed by atoms with van der Waals surface area (Å²) in [6.07, 6.45) is -3.73. The zero-order valence-electron chi connectivity index (χ0n) is 19.3. The Morgan fingerprint density at radius 2 is 1.71 bits per heavy atom. The highest BCUT2D eigenvalue weighted by Crippen LogP contribution is 2.41. The first kappa shape index (κ1) is 26.5. The van der Waals surface area contributed by atoms with E-state index in [9.17, 15) is 21.6 Å². The molecule has 186 valence electrons. The summed E-state index contributed by atoms with van der Waals surface area (Å²) in [5.41, 5.74) is 0.143. The number of aromatic nitrogens is 1. The van der Waals surface area contributed by atoms with Gasteiger partial charge in [-0.1, -0.05) is 50.6 Å². The maximum Gasteiger partial charge on any atom is 0.409 e. The van der Waals surface area contributed by atoms with Crippen LogP contribution in [-0.2, 0) is 16.8 Å². The summed E-state index contributed by atoms with van der Waals surface area (Å²) in [7, 11) is -2.21. The Balaban J connectivity index is 2.32. The lowest BCUT2D eigenvalue weighted by Gasteiger charge is -2.23. The van der Waals surface area contributed by atoms with E-state index in [1.54, 1.807) is 33.6 Å². The molecule has 0 saturated heterocycles. The Morgan fingerprint density at radius 1 is 1.09 bits per heavy atom. The molecule has 34 heavy (non-hydrogen) atoms. The molecule has 0 aliphatic carbocycles. The SMILES string of the molecule is CN(C)S(=O)(=O)N[C@@H](c1cn(CC(C)(C)C)c2cc(-c3ccccc3Cl)c(F)cc12)C(F)(F)F. The predicted molar refractivity (Wildman–Crippen MR) is 126 cm³/mol. The normalized spacial score (nSPS) is 14.2. The van der Waals surface area contributed by atoms with Crippen LogP contribution in [0.15, 0.2) is 42.6 Å². The second kappa shape index (κ2) is 9.14. The molecule has 1 heterocycles. The fraction of sp³-hybridized carbons (Fsp3) is 0.391. The quantitative estimate of drug-likeness (QED) is 0.397. The number of hydrogen-bond acceptors (Lipinski definition) is 2. The van der Waals surface area contributed by atoms with Crippen molar-refractivity contribution in [2.75, 3.05) is 14.1 Å². The second-order valence-electron chi connectivity index (χ2n) is 9.48. The number of nitrogens with zero attached hydrogens (tertiary/aromatic N) is 2. The topological polar surface area (TPSA) is 54.3 Å². The van der Waals surface area contributed by atoms with E-state index in [1.165, 1.54) is 12.3 Å². The van der Waals surface area contributed by atoms with Crippen LogP contribution in [0.4, 0.5) is 17.6 Å². The minimum absolute atomic E-state index is 0.0404. The summed E-state index contributed by atoms with van der Waals surface area (Å²) in [5.74, 6) is -0.772. The molecule has 1 N–H and O–H groups in total. The van der Waals surface area contributed by atoms with Crippen molar-refractivity contribution in [3.05, 3.63) is 59.0 Å². The molecule has 3 rings (SSSR count). The largest absolute Gasteiger partial charge is 0.409 e. The predicted octanol–water partition coefficient (Wildman–Crippen LogP) is 6.15. The first-order valence-corrected chi connectivity index (χ1v) is 12.2. The Bertz CT molecular complexity index is 1310. The molecular formula is C23H26ClF4N3O2S. The highest BCUT2D eigenvalue weighted by Gasteiger charge is 2.45. The summed E-state index contributed by atoms with van der Waals surface area (Å²) in [5, 5.41) is 0.253. The minimum atomic E-state index is -4.97. The Labute approximate surface area is 201 Å². The van der Waals surface area contributed by atoms with E-state index < -0.39 is 28.2 Å². The van der Waals surface area contributed by atoms with Crippen molar-refractivity contribution in [2.45, 2.75) is 39.5 Å². The lowest BCUT2D eigenvalue weighted by Crippen LogP contribution is -2.43. The van der Waals surface area contributed by atoms with E-state index in [2.05, 4.69) is 0 Å². The van der Waals surface area contributed by atoms with Crippen molar-refractivity contribution in [1.82, 2.24) is 13.6 Å². The van der Waals surface area contributed by atoms with Gasteiger partial charge in [-0.05, 0) is 23.6 Å². The fourth-order valence-electron chi connectivity index (χ4n) is 3.66. The third kappa shape index (κ3) is 5.56. The molecule has 5 nitrogen and oxygen atoms in total. The van der Waals surface area contributed by atoms with E-state index in [0.717, 1.165) is 20.2 Å². The van der Waals surface area contributed by atoms with Gasteiger partial charge in [-0.2, -0.15) is 30.6 Å². The maximum absolute atomic E-state index is 15.2. The van der Waals surface area contributed by atoms with Crippen LogP contribution < -0.4 is 4.72 Å². The van der Waals surface area contributed by atoms with Gasteiger partial charge in [-0.25, -0.2) is 4.39 Å². The fourth-order valence-corrected chi connectivity index (χ4v) is 4.66. The van der Waals surface area contributed by atoms with Crippen LogP contribution in [0.25, 0.3) is 22.0 Å². The third-order valence-corrected chi connectivity index (χ3v) is 7.02. The standard InChI is InChI=1S/C23H26ClF4N3O2S/c1-22(2,3)13-31-12-17(21(23(26,27)28)29-34(32,33)30(4)5)16-10-19(25)15(11-20(16)31)14-8-6-7-9-18(14)24/h6-12,21,29H,13H2,1-5H3/t21-/m0/s1. The smallest absolute Gasteiger partial charge is 0.347 e. The van der Waals surface area contributed by atoms with E-state index in [-0.39, 0.29) is 21.9 Å². The van der Waals surface area contributed by atoms with Crippen molar-refractivity contribution in [1.29, 1.82) is 0 Å². The zero-order valence-corrected chi connectivity index (χ0v) is 20.9. The summed E-state index contributed by atoms with van der Waals surface area (Å²) < 4.78 is 86.1. The van der Waals surface area contributed by atoms with Gasteiger partial charge in [0.1, 0.15) is 11.9 Å². The highest BCUT2D eigenvalue weighted by atomic mass is 35.5. The highest BCUT2D eigenvalue weighted by molar-refractivity contribution is 7.87. The molecule has 0 bridgehead atoms. The molecule has 1 atom stereocenters. The van der Waals surface area contributed by atoms with Crippen LogP contribution in [0, 0.1) is 11.2 Å². The lowest BCUT2D eigenvalue weighted by molar-refractivity contribution is -0.153. The van der Waals surface area contributed by atoms with E-state index >= 15 is 4.39 Å². The average Bonchev–Trinajstić information content (AvgIpc) is 3.00. The third-order valence-electron chi connectivity index (χ3n) is 5.20. The van der Waals surface area contributed by atoms with Crippen LogP contribution in [-0.4, -0.2) is 37.6 Å². The molecule has 0 unspecified atom stereocenters. The van der Waals surface area contributed by atoms with E-state index in [1.807, 2.05) is 20.8 Å². The number of hydrogen-bond donors (Lipinski definition) is 1. The van der Waals surface area contributed by atoms with Gasteiger partial charge in [0, 0.05) is 59.5 Å². The number of nitrogens with one attached hydrogen (secondary N) is 1. The molecule has 0 spiro atoms. The van der Waals surface area contributed by atoms with Crippen molar-refractivity contribution >= 4 is 32.7 Å². The van der Waals surface area contributed by atoms with Crippen molar-refractivity contribution < 1.29 is 26.0 Å². The second-order valence-corrected chi connectivity index (χ2v) is 11.8. The number of fused-ring (bicyclic) bond motifs is 1. The number of rotatable bonds is 6. The first-order chi connectivity index (χ1) is 15.5. The van der Waals surface area contributed by atoms with Crippen LogP contribution >= 0.6 is 11.6 Å². The number of alkyl halides is 3. The van der Waals surface area contributed by atoms with Crippen LogP contribution in [0.1, 0.15) is 32.4 Å². The Hall–Kier alpha value is -2.14. The van der Waals surface area contributed by atoms with Gasteiger partial charge in [-0.3, -0.25) is 0 Å². The molecule has 0 saturated carbocycles. The summed E-state index contributed by atoms with van der Waals surface area (Å²) >= 11 is 6.24. The van der Waals surface area contributed by atoms with Crippen molar-refractivity contribution in [3.63, 3.8) is 0 Å². The molecule has 2 aromatic carbocycles. The molecule has 1 aromatic heterocycles. The van der Waals surface area contributed by atoms with Gasteiger partial charge in [0.15, 0.2) is 0 Å². The zero-order chi connectivity index (χ0) is 25.6. The summed E-state index contributed by atoms with van der Waals surface area (Å²) in [6.45, 7) is 6.04. The monoisotopic (exact) mass is 519 g/mol. The van der Waals surface area contributed by atoms with Gasteiger partial charge in [0.05, 0.1) is 0 Å². The van der Waals surface area contributed by atoms with Crippen LogP contribution in [0.2, 0.25) is 5.02 Å². The van der Waals surface area contributed by atoms with Crippen molar-refractivity contribution in [2.24, 2.45) is 5.41 Å². The lowest BCUT2D eigenvalue weighted by atomic mass is 9.96. The maximum atomic E-state index is 15.2. The van der Waals surface area contributed by atoms with Crippen LogP contribution in [0.3, 0.4) is 0 Å². The van der Waals surface area contributed by atoms with E-state index in [0.29, 0.717) is 27.0 Å². The molecule has 11 heteroatoms. The first-order valence-electron chi connectivity index (χ1n) is 10.3. The molecule has 3 aromatic rings. The molecule has 0 aliphatic heterocycles. The summed E-state index contributed by atoms with van der Waals surface area (Å²) in [4.78, 5) is 0. The summed E-state index contributed by atoms with van der Waals surface area (Å²) in [6, 6.07) is 6.46. The number of halogens is 5. The average molecular weight is 520 g/mol. The van der Waals surface area contributed by atoms with Gasteiger partial charge >= 0.3 is 6.18 Å². The van der Waals surface area contributed by atoms with Gasteiger partial charge in [0.2, 0.25) is 0 Å². The Kier molecular flexibility index (Phi) is 7.12. The van der Waals surface area contributed by atoms with Gasteiger partial charge < -0.3 is 4.57 Å². The molecular weight excluding hydrogens is 494 g/mol. The molecule has 0 amide bonds. The molecule has 0 fully saturated rings. The molecule has 0 radical (unpaired) electrons. The molecule has 0 aliphatic rings. The Morgan fingerprint density at radius 3 is 2.24 bits per heavy atom. The van der Waals surface area contributed by atoms with Crippen molar-refractivity contribution in [3.8, 4) is 11.1 Å². The van der Waals surface area contributed by atoms with Gasteiger partial charge in [-0.15, -0.1) is 0 Å². The van der Waals surface area contributed by atoms with E-state index in [4.69, 9.17) is 11.6 Å². The minimum Gasteiger partial charge on any atom is -0.347 e. The number of benzene rings is 2. The van der Waals surface area contributed by atoms with Gasteiger partial charge in [0.25, 0.3) is 10.2 Å². The van der Waals surface area contributed by atoms with Crippen LogP contribution in [0.5, 0.6) is 0 Å².